The maximum absolute atomic E-state index is 12.8. The number of halogens is 1. The second-order valence-electron chi connectivity index (χ2n) is 5.25. The van der Waals surface area contributed by atoms with E-state index in [9.17, 15) is 4.79 Å². The average molecular weight is 356 g/mol. The van der Waals surface area contributed by atoms with Crippen LogP contribution in [0.25, 0.3) is 0 Å². The summed E-state index contributed by atoms with van der Waals surface area (Å²) < 4.78 is 11.4. The zero-order chi connectivity index (χ0) is 15.4. The Labute approximate surface area is 134 Å². The molecule has 1 heterocycles. The van der Waals surface area contributed by atoms with Crippen LogP contribution in [-0.4, -0.2) is 37.6 Å². The predicted molar refractivity (Wildman–Crippen MR) is 86.2 cm³/mol. The third-order valence-electron chi connectivity index (χ3n) is 4.05. The lowest BCUT2D eigenvalue weighted by atomic mass is 9.99. The predicted octanol–water partition coefficient (Wildman–Crippen LogP) is 3.87. The SMILES string of the molecule is CCC1CCCCN1C(=O)c1cc(OC)c(Br)c(OC)c1. The number of hydrogen-bond donors (Lipinski definition) is 0. The topological polar surface area (TPSA) is 38.8 Å². The summed E-state index contributed by atoms with van der Waals surface area (Å²) in [4.78, 5) is 14.8. The van der Waals surface area contributed by atoms with E-state index < -0.39 is 0 Å². The molecule has 116 valence electrons. The number of hydrogen-bond acceptors (Lipinski definition) is 3. The van der Waals surface area contributed by atoms with Crippen LogP contribution in [-0.2, 0) is 0 Å². The first-order valence-corrected chi connectivity index (χ1v) is 8.14. The van der Waals surface area contributed by atoms with Crippen molar-refractivity contribution in [3.63, 3.8) is 0 Å². The van der Waals surface area contributed by atoms with Gasteiger partial charge in [-0.2, -0.15) is 0 Å². The lowest BCUT2D eigenvalue weighted by Gasteiger charge is -2.35. The van der Waals surface area contributed by atoms with Gasteiger partial charge in [0.1, 0.15) is 16.0 Å². The van der Waals surface area contributed by atoms with Crippen molar-refractivity contribution in [1.82, 2.24) is 4.90 Å². The van der Waals surface area contributed by atoms with Crippen molar-refractivity contribution in [3.05, 3.63) is 22.2 Å². The number of carbonyl (C=O) groups excluding carboxylic acids is 1. The monoisotopic (exact) mass is 355 g/mol. The number of ether oxygens (including phenoxy) is 2. The minimum atomic E-state index is 0.0608. The van der Waals surface area contributed by atoms with Gasteiger partial charge >= 0.3 is 0 Å². The maximum Gasteiger partial charge on any atom is 0.254 e. The van der Waals surface area contributed by atoms with Crippen molar-refractivity contribution in [2.24, 2.45) is 0 Å². The fourth-order valence-electron chi connectivity index (χ4n) is 2.85. The van der Waals surface area contributed by atoms with Crippen LogP contribution in [0.15, 0.2) is 16.6 Å². The van der Waals surface area contributed by atoms with E-state index in [1.807, 2.05) is 4.90 Å². The Balaban J connectivity index is 2.33. The smallest absolute Gasteiger partial charge is 0.254 e. The van der Waals surface area contributed by atoms with Gasteiger partial charge < -0.3 is 14.4 Å². The Bertz CT molecular complexity index is 493. The molecule has 1 aromatic carbocycles. The summed E-state index contributed by atoms with van der Waals surface area (Å²) >= 11 is 3.43. The molecule has 0 aliphatic carbocycles. The molecule has 2 rings (SSSR count). The van der Waals surface area contributed by atoms with Gasteiger partial charge in [0.25, 0.3) is 5.91 Å². The molecule has 1 amide bonds. The van der Waals surface area contributed by atoms with Crippen LogP contribution in [0.4, 0.5) is 0 Å². The number of piperidine rings is 1. The molecular weight excluding hydrogens is 334 g/mol. The van der Waals surface area contributed by atoms with Gasteiger partial charge in [0, 0.05) is 18.2 Å². The van der Waals surface area contributed by atoms with Gasteiger partial charge in [-0.25, -0.2) is 0 Å². The summed E-state index contributed by atoms with van der Waals surface area (Å²) in [7, 11) is 3.17. The fourth-order valence-corrected chi connectivity index (χ4v) is 3.40. The Hall–Kier alpha value is -1.23. The zero-order valence-corrected chi connectivity index (χ0v) is 14.4. The van der Waals surface area contributed by atoms with Gasteiger partial charge in [0.2, 0.25) is 0 Å². The normalized spacial score (nSPS) is 18.5. The molecule has 1 aliphatic heterocycles. The molecule has 1 aromatic rings. The number of nitrogens with zero attached hydrogens (tertiary/aromatic N) is 1. The Morgan fingerprint density at radius 2 is 1.90 bits per heavy atom. The number of benzene rings is 1. The average Bonchev–Trinajstić information content (AvgIpc) is 2.54. The standard InChI is InChI=1S/C16H22BrNO3/c1-4-12-7-5-6-8-18(12)16(19)11-9-13(20-2)15(17)14(10-11)21-3/h9-10,12H,4-8H2,1-3H3. The van der Waals surface area contributed by atoms with Crippen LogP contribution in [0, 0.1) is 0 Å². The van der Waals surface area contributed by atoms with Gasteiger partial charge in [-0.15, -0.1) is 0 Å². The van der Waals surface area contributed by atoms with Gasteiger partial charge in [0.15, 0.2) is 0 Å². The lowest BCUT2D eigenvalue weighted by molar-refractivity contribution is 0.0607. The van der Waals surface area contributed by atoms with Crippen LogP contribution in [0.1, 0.15) is 43.0 Å². The van der Waals surface area contributed by atoms with Gasteiger partial charge in [-0.3, -0.25) is 4.79 Å². The zero-order valence-electron chi connectivity index (χ0n) is 12.8. The molecule has 1 unspecified atom stereocenters. The molecule has 0 saturated carbocycles. The molecule has 1 atom stereocenters. The largest absolute Gasteiger partial charge is 0.495 e. The molecule has 0 aromatic heterocycles. The maximum atomic E-state index is 12.8. The summed E-state index contributed by atoms with van der Waals surface area (Å²) in [5.74, 6) is 1.29. The molecule has 0 radical (unpaired) electrons. The highest BCUT2D eigenvalue weighted by Crippen LogP contribution is 2.36. The van der Waals surface area contributed by atoms with E-state index in [0.717, 1.165) is 30.3 Å². The first kappa shape index (κ1) is 16.1. The molecule has 1 saturated heterocycles. The first-order valence-electron chi connectivity index (χ1n) is 7.34. The highest BCUT2D eigenvalue weighted by atomic mass is 79.9. The summed E-state index contributed by atoms with van der Waals surface area (Å²) in [6.45, 7) is 2.97. The number of likely N-dealkylation sites (tertiary alicyclic amines) is 1. The molecule has 0 bridgehead atoms. The number of amides is 1. The van der Waals surface area contributed by atoms with E-state index in [1.54, 1.807) is 26.4 Å². The van der Waals surface area contributed by atoms with Crippen molar-refractivity contribution in [2.45, 2.75) is 38.6 Å². The van der Waals surface area contributed by atoms with Crippen LogP contribution >= 0.6 is 15.9 Å². The molecule has 5 heteroatoms. The van der Waals surface area contributed by atoms with Crippen LogP contribution in [0.2, 0.25) is 0 Å². The van der Waals surface area contributed by atoms with Crippen LogP contribution in [0.3, 0.4) is 0 Å². The number of carbonyl (C=O) groups is 1. The molecule has 1 aliphatic rings. The van der Waals surface area contributed by atoms with E-state index in [1.165, 1.54) is 6.42 Å². The van der Waals surface area contributed by atoms with Crippen molar-refractivity contribution in [1.29, 1.82) is 0 Å². The minimum Gasteiger partial charge on any atom is -0.495 e. The molecule has 0 N–H and O–H groups in total. The summed E-state index contributed by atoms with van der Waals surface area (Å²) in [5, 5.41) is 0. The molecular formula is C16H22BrNO3. The Morgan fingerprint density at radius 1 is 1.29 bits per heavy atom. The third-order valence-corrected chi connectivity index (χ3v) is 4.83. The van der Waals surface area contributed by atoms with E-state index in [2.05, 4.69) is 22.9 Å². The molecule has 0 spiro atoms. The van der Waals surface area contributed by atoms with E-state index in [4.69, 9.17) is 9.47 Å². The number of rotatable bonds is 4. The van der Waals surface area contributed by atoms with E-state index in [0.29, 0.717) is 23.1 Å². The molecule has 21 heavy (non-hydrogen) atoms. The van der Waals surface area contributed by atoms with Crippen molar-refractivity contribution < 1.29 is 14.3 Å². The van der Waals surface area contributed by atoms with Crippen molar-refractivity contribution in [2.75, 3.05) is 20.8 Å². The van der Waals surface area contributed by atoms with E-state index >= 15 is 0 Å². The first-order chi connectivity index (χ1) is 10.1. The highest BCUT2D eigenvalue weighted by molar-refractivity contribution is 9.10. The lowest BCUT2D eigenvalue weighted by Crippen LogP contribution is -2.43. The summed E-state index contributed by atoms with van der Waals surface area (Å²) in [5.41, 5.74) is 0.618. The van der Waals surface area contributed by atoms with Crippen molar-refractivity contribution >= 4 is 21.8 Å². The molecule has 4 nitrogen and oxygen atoms in total. The Morgan fingerprint density at radius 3 is 2.43 bits per heavy atom. The van der Waals surface area contributed by atoms with Gasteiger partial charge in [-0.05, 0) is 53.7 Å². The fraction of sp³-hybridized carbons (Fsp3) is 0.562. The summed E-state index contributed by atoms with van der Waals surface area (Å²) in [6.07, 6.45) is 4.37. The third kappa shape index (κ3) is 3.34. The van der Waals surface area contributed by atoms with Crippen LogP contribution in [0.5, 0.6) is 11.5 Å². The molecule has 1 fully saturated rings. The highest BCUT2D eigenvalue weighted by Gasteiger charge is 2.27. The quantitative estimate of drug-likeness (QED) is 0.822. The number of methoxy groups -OCH3 is 2. The van der Waals surface area contributed by atoms with Crippen molar-refractivity contribution in [3.8, 4) is 11.5 Å². The minimum absolute atomic E-state index is 0.0608. The van der Waals surface area contributed by atoms with E-state index in [-0.39, 0.29) is 5.91 Å². The Kier molecular flexibility index (Phi) is 5.51. The summed E-state index contributed by atoms with van der Waals surface area (Å²) in [6, 6.07) is 3.89. The second kappa shape index (κ2) is 7.16. The second-order valence-corrected chi connectivity index (χ2v) is 6.04. The van der Waals surface area contributed by atoms with Gasteiger partial charge in [0.05, 0.1) is 14.2 Å². The van der Waals surface area contributed by atoms with Crippen LogP contribution < -0.4 is 9.47 Å². The van der Waals surface area contributed by atoms with Gasteiger partial charge in [-0.1, -0.05) is 6.92 Å².